The number of benzene rings is 2. The van der Waals surface area contributed by atoms with Crippen LogP contribution in [0.2, 0.25) is 0 Å². The van der Waals surface area contributed by atoms with Crippen molar-refractivity contribution in [1.29, 1.82) is 0 Å². The van der Waals surface area contributed by atoms with Crippen LogP contribution in [0.25, 0.3) is 0 Å². The van der Waals surface area contributed by atoms with E-state index in [1.54, 1.807) is 0 Å². The summed E-state index contributed by atoms with van der Waals surface area (Å²) in [6.45, 7) is 4.34. The zero-order valence-electron chi connectivity index (χ0n) is 17.1. The number of aryl methyl sites for hydroxylation is 1. The van der Waals surface area contributed by atoms with Crippen molar-refractivity contribution in [3.8, 4) is 0 Å². The number of nitrogens with zero attached hydrogens (tertiary/aromatic N) is 3. The van der Waals surface area contributed by atoms with Gasteiger partial charge in [0.25, 0.3) is 0 Å². The molecule has 1 atom stereocenters. The fourth-order valence-electron chi connectivity index (χ4n) is 4.42. The number of rotatable bonds is 3. The lowest BCUT2D eigenvalue weighted by Gasteiger charge is -2.46. The van der Waals surface area contributed by atoms with Gasteiger partial charge in [-0.05, 0) is 43.7 Å². The normalized spacial score (nSPS) is 22.3. The van der Waals surface area contributed by atoms with E-state index in [9.17, 15) is 9.59 Å². The number of urea groups is 1. The summed E-state index contributed by atoms with van der Waals surface area (Å²) in [4.78, 5) is 31.5. The fourth-order valence-corrected chi connectivity index (χ4v) is 4.42. The number of carbonyl (C=O) groups excluding carboxylic acids is 2. The number of piperazine rings is 1. The third-order valence-corrected chi connectivity index (χ3v) is 6.26. The Kier molecular flexibility index (Phi) is 5.28. The lowest BCUT2D eigenvalue weighted by Crippen LogP contribution is -2.64. The summed E-state index contributed by atoms with van der Waals surface area (Å²) in [6, 6.07) is 17.7. The molecule has 2 aliphatic heterocycles. The van der Waals surface area contributed by atoms with Gasteiger partial charge in [-0.15, -0.1) is 0 Å². The molecule has 6 heteroatoms. The monoisotopic (exact) mass is 392 g/mol. The molecule has 0 aromatic heterocycles. The van der Waals surface area contributed by atoms with Gasteiger partial charge in [0.2, 0.25) is 5.91 Å². The molecule has 2 heterocycles. The fraction of sp³-hybridized carbons (Fsp3) is 0.391. The van der Waals surface area contributed by atoms with Crippen molar-refractivity contribution in [2.75, 3.05) is 43.4 Å². The van der Waals surface area contributed by atoms with E-state index < -0.39 is 0 Å². The maximum absolute atomic E-state index is 12.9. The first-order valence-electron chi connectivity index (χ1n) is 10.2. The lowest BCUT2D eigenvalue weighted by molar-refractivity contribution is -0.123. The Balaban J connectivity index is 1.49. The first kappa shape index (κ1) is 19.5. The Morgan fingerprint density at radius 2 is 1.79 bits per heavy atom. The van der Waals surface area contributed by atoms with Crippen LogP contribution in [0.4, 0.5) is 16.2 Å². The van der Waals surface area contributed by atoms with Gasteiger partial charge in [-0.1, -0.05) is 43.3 Å². The Morgan fingerprint density at radius 1 is 1.07 bits per heavy atom. The van der Waals surface area contributed by atoms with Gasteiger partial charge in [0.1, 0.15) is 0 Å². The second kappa shape index (κ2) is 7.87. The number of para-hydroxylation sites is 2. The average molecular weight is 393 g/mol. The Bertz CT molecular complexity index is 901. The maximum Gasteiger partial charge on any atom is 0.321 e. The number of carbonyl (C=O) groups is 2. The second-order valence-corrected chi connectivity index (χ2v) is 8.01. The summed E-state index contributed by atoms with van der Waals surface area (Å²) in [6.07, 6.45) is 1.72. The third-order valence-electron chi connectivity index (χ3n) is 6.26. The molecule has 0 bridgehead atoms. The van der Waals surface area contributed by atoms with Gasteiger partial charge in [-0.25, -0.2) is 4.79 Å². The van der Waals surface area contributed by atoms with E-state index in [4.69, 9.17) is 0 Å². The van der Waals surface area contributed by atoms with Crippen LogP contribution >= 0.6 is 0 Å². The second-order valence-electron chi connectivity index (χ2n) is 8.01. The molecule has 2 aromatic rings. The van der Waals surface area contributed by atoms with Crippen molar-refractivity contribution in [3.63, 3.8) is 0 Å². The zero-order chi connectivity index (χ0) is 20.4. The highest BCUT2D eigenvalue weighted by Gasteiger charge is 2.48. The number of hydrogen-bond donors (Lipinski definition) is 1. The number of likely N-dealkylation sites (tertiary alicyclic amines) is 1. The van der Waals surface area contributed by atoms with Crippen LogP contribution in [-0.4, -0.2) is 60.5 Å². The molecule has 0 saturated carbocycles. The molecule has 2 aliphatic rings. The molecular weight excluding hydrogens is 364 g/mol. The predicted octanol–water partition coefficient (Wildman–Crippen LogP) is 3.20. The number of amides is 3. The smallest absolute Gasteiger partial charge is 0.321 e. The highest BCUT2D eigenvalue weighted by molar-refractivity contribution is 5.96. The van der Waals surface area contributed by atoms with Crippen LogP contribution in [0.3, 0.4) is 0 Å². The SMILES string of the molecule is CCc1ccccc1NC(=O)N1CCC2(C1)CN(c1ccccc1)C(=O)CN2C. The summed E-state index contributed by atoms with van der Waals surface area (Å²) in [5.41, 5.74) is 2.71. The Labute approximate surface area is 172 Å². The largest absolute Gasteiger partial charge is 0.323 e. The minimum absolute atomic E-state index is 0.0701. The van der Waals surface area contributed by atoms with Crippen molar-refractivity contribution >= 4 is 23.3 Å². The van der Waals surface area contributed by atoms with Gasteiger partial charge < -0.3 is 15.1 Å². The minimum atomic E-state index is -0.217. The quantitative estimate of drug-likeness (QED) is 0.873. The summed E-state index contributed by atoms with van der Waals surface area (Å²) >= 11 is 0. The van der Waals surface area contributed by atoms with Crippen LogP contribution in [0.15, 0.2) is 54.6 Å². The van der Waals surface area contributed by atoms with Crippen molar-refractivity contribution in [3.05, 3.63) is 60.2 Å². The molecule has 1 unspecified atom stereocenters. The van der Waals surface area contributed by atoms with Gasteiger partial charge in [-0.2, -0.15) is 0 Å². The molecule has 152 valence electrons. The minimum Gasteiger partial charge on any atom is -0.323 e. The van der Waals surface area contributed by atoms with Crippen LogP contribution < -0.4 is 10.2 Å². The number of likely N-dealkylation sites (N-methyl/N-ethyl adjacent to an activating group) is 1. The molecule has 0 aliphatic carbocycles. The molecule has 1 N–H and O–H groups in total. The summed E-state index contributed by atoms with van der Waals surface area (Å²) in [5, 5.41) is 3.08. The zero-order valence-corrected chi connectivity index (χ0v) is 17.1. The molecule has 2 aromatic carbocycles. The number of nitrogens with one attached hydrogen (secondary N) is 1. The van der Waals surface area contributed by atoms with Crippen LogP contribution in [0.5, 0.6) is 0 Å². The van der Waals surface area contributed by atoms with E-state index >= 15 is 0 Å². The standard InChI is InChI=1S/C23H28N4O2/c1-3-18-9-7-8-12-20(18)24-22(29)26-14-13-23(16-26)17-27(21(28)15-25(23)2)19-10-5-4-6-11-19/h4-12H,3,13-17H2,1-2H3,(H,24,29). The van der Waals surface area contributed by atoms with Gasteiger partial charge in [0.15, 0.2) is 0 Å². The van der Waals surface area contributed by atoms with Gasteiger partial charge in [0, 0.05) is 31.0 Å². The Morgan fingerprint density at radius 3 is 2.55 bits per heavy atom. The molecule has 29 heavy (non-hydrogen) atoms. The average Bonchev–Trinajstić information content (AvgIpc) is 3.17. The van der Waals surface area contributed by atoms with Crippen molar-refractivity contribution < 1.29 is 9.59 Å². The highest BCUT2D eigenvalue weighted by Crippen LogP contribution is 2.33. The van der Waals surface area contributed by atoms with E-state index in [1.165, 1.54) is 0 Å². The van der Waals surface area contributed by atoms with Crippen LogP contribution in [-0.2, 0) is 11.2 Å². The summed E-state index contributed by atoms with van der Waals surface area (Å²) < 4.78 is 0. The van der Waals surface area contributed by atoms with Crippen molar-refractivity contribution in [2.24, 2.45) is 0 Å². The van der Waals surface area contributed by atoms with Gasteiger partial charge in [0.05, 0.1) is 12.1 Å². The third kappa shape index (κ3) is 3.72. The molecule has 2 saturated heterocycles. The van der Waals surface area contributed by atoms with E-state index in [0.717, 1.165) is 29.8 Å². The number of anilines is 2. The molecule has 6 nitrogen and oxygen atoms in total. The van der Waals surface area contributed by atoms with Gasteiger partial charge in [-0.3, -0.25) is 9.69 Å². The molecule has 0 radical (unpaired) electrons. The first-order chi connectivity index (χ1) is 14.0. The molecule has 2 fully saturated rings. The molecule has 3 amide bonds. The van der Waals surface area contributed by atoms with E-state index in [2.05, 4.69) is 17.1 Å². The lowest BCUT2D eigenvalue weighted by atomic mass is 9.92. The van der Waals surface area contributed by atoms with Crippen molar-refractivity contribution in [2.45, 2.75) is 25.3 Å². The first-order valence-corrected chi connectivity index (χ1v) is 10.2. The molecule has 1 spiro atoms. The maximum atomic E-state index is 12.9. The van der Waals surface area contributed by atoms with E-state index in [0.29, 0.717) is 26.2 Å². The topological polar surface area (TPSA) is 55.9 Å². The molecule has 4 rings (SSSR count). The van der Waals surface area contributed by atoms with E-state index in [-0.39, 0.29) is 17.5 Å². The number of hydrogen-bond acceptors (Lipinski definition) is 3. The van der Waals surface area contributed by atoms with Gasteiger partial charge >= 0.3 is 6.03 Å². The summed E-state index contributed by atoms with van der Waals surface area (Å²) in [5.74, 6) is 0.101. The van der Waals surface area contributed by atoms with Crippen molar-refractivity contribution in [1.82, 2.24) is 9.80 Å². The van der Waals surface area contributed by atoms with E-state index in [1.807, 2.05) is 71.4 Å². The molecular formula is C23H28N4O2. The van der Waals surface area contributed by atoms with Crippen LogP contribution in [0, 0.1) is 0 Å². The summed E-state index contributed by atoms with van der Waals surface area (Å²) in [7, 11) is 1.99. The Hall–Kier alpha value is -2.86. The highest BCUT2D eigenvalue weighted by atomic mass is 16.2. The predicted molar refractivity (Wildman–Crippen MR) is 115 cm³/mol. The van der Waals surface area contributed by atoms with Crippen LogP contribution in [0.1, 0.15) is 18.9 Å².